The lowest BCUT2D eigenvalue weighted by Gasteiger charge is -2.18. The Morgan fingerprint density at radius 2 is 1.91 bits per heavy atom. The highest BCUT2D eigenvalue weighted by Gasteiger charge is 2.24. The minimum absolute atomic E-state index is 0.194. The topological polar surface area (TPSA) is 96.1 Å². The Bertz CT molecular complexity index is 1280. The van der Waals surface area contributed by atoms with Gasteiger partial charge in [-0.25, -0.2) is 9.78 Å². The lowest BCUT2D eigenvalue weighted by atomic mass is 10.0. The number of para-hydroxylation sites is 1. The molecule has 0 saturated heterocycles. The number of amides is 2. The number of halogens is 1. The van der Waals surface area contributed by atoms with Gasteiger partial charge in [-0.05, 0) is 29.7 Å². The zero-order valence-corrected chi connectivity index (χ0v) is 21.2. The number of nitrogens with zero attached hydrogens (tertiary/aromatic N) is 1. The molecule has 4 rings (SSSR count). The second-order valence-corrected chi connectivity index (χ2v) is 10.1. The van der Waals surface area contributed by atoms with E-state index in [1.54, 1.807) is 0 Å². The number of thiazole rings is 1. The molecule has 9 heteroatoms. The Morgan fingerprint density at radius 3 is 2.68 bits per heavy atom. The number of hydrogen-bond acceptors (Lipinski definition) is 5. The van der Waals surface area contributed by atoms with Gasteiger partial charge < -0.3 is 20.4 Å². The van der Waals surface area contributed by atoms with Crippen LogP contribution in [0.2, 0.25) is 0 Å². The van der Waals surface area contributed by atoms with Gasteiger partial charge in [-0.2, -0.15) is 0 Å². The van der Waals surface area contributed by atoms with Crippen molar-refractivity contribution in [2.75, 3.05) is 11.9 Å². The molecule has 0 bridgehead atoms. The van der Waals surface area contributed by atoms with Gasteiger partial charge in [0.15, 0.2) is 5.13 Å². The number of benzene rings is 2. The van der Waals surface area contributed by atoms with Crippen LogP contribution >= 0.6 is 27.3 Å². The summed E-state index contributed by atoms with van der Waals surface area (Å²) in [6.45, 7) is 4.18. The molecule has 0 aliphatic rings. The SMILES string of the molecule is CC(C)COC(=O)N[C@@H](Cc1c[nH]c2ccccc12)C(=O)Nc1nc(-c2ccc(Br)cc2)cs1. The number of aromatic amines is 1. The number of fused-ring (bicyclic) bond motifs is 1. The van der Waals surface area contributed by atoms with Crippen molar-refractivity contribution < 1.29 is 14.3 Å². The second-order valence-electron chi connectivity index (χ2n) is 8.29. The van der Waals surface area contributed by atoms with Crippen molar-refractivity contribution in [3.05, 3.63) is 70.1 Å². The van der Waals surface area contributed by atoms with Crippen LogP contribution in [0.25, 0.3) is 22.2 Å². The number of ether oxygens (including phenoxy) is 1. The number of nitrogens with one attached hydrogen (secondary N) is 3. The standard InChI is InChI=1S/C25H25BrN4O3S/c1-15(2)13-33-25(32)29-21(11-17-12-27-20-6-4-3-5-19(17)20)23(31)30-24-28-22(14-34-24)16-7-9-18(26)10-8-16/h3-10,12,14-15,21,27H,11,13H2,1-2H3,(H,29,32)(H,28,30,31)/t21-/m0/s1. The maximum atomic E-state index is 13.2. The molecule has 2 aromatic heterocycles. The van der Waals surface area contributed by atoms with Gasteiger partial charge in [0.2, 0.25) is 5.91 Å². The Balaban J connectivity index is 1.51. The molecule has 0 aliphatic heterocycles. The molecule has 4 aromatic rings. The van der Waals surface area contributed by atoms with E-state index in [9.17, 15) is 9.59 Å². The second kappa shape index (κ2) is 10.8. The zero-order chi connectivity index (χ0) is 24.1. The van der Waals surface area contributed by atoms with Crippen molar-refractivity contribution in [3.8, 4) is 11.3 Å². The van der Waals surface area contributed by atoms with Crippen LogP contribution in [0.4, 0.5) is 9.93 Å². The summed E-state index contributed by atoms with van der Waals surface area (Å²) in [6, 6.07) is 14.8. The van der Waals surface area contributed by atoms with Crippen molar-refractivity contribution in [1.29, 1.82) is 0 Å². The molecule has 0 unspecified atom stereocenters. The third-order valence-electron chi connectivity index (χ3n) is 5.13. The van der Waals surface area contributed by atoms with E-state index in [0.29, 0.717) is 11.6 Å². The highest BCUT2D eigenvalue weighted by Crippen LogP contribution is 2.26. The van der Waals surface area contributed by atoms with Crippen LogP contribution in [-0.4, -0.2) is 34.6 Å². The molecule has 34 heavy (non-hydrogen) atoms. The quantitative estimate of drug-likeness (QED) is 0.256. The first kappa shape index (κ1) is 24.0. The van der Waals surface area contributed by atoms with Gasteiger partial charge in [-0.1, -0.05) is 60.1 Å². The number of hydrogen-bond donors (Lipinski definition) is 3. The molecule has 3 N–H and O–H groups in total. The largest absolute Gasteiger partial charge is 0.449 e. The Hall–Kier alpha value is -3.17. The fraction of sp³-hybridized carbons (Fsp3) is 0.240. The Labute approximate surface area is 210 Å². The van der Waals surface area contributed by atoms with E-state index < -0.39 is 12.1 Å². The number of aromatic nitrogens is 2. The number of rotatable bonds is 8. The third kappa shape index (κ3) is 6.03. The van der Waals surface area contributed by atoms with E-state index in [0.717, 1.165) is 32.2 Å². The molecule has 0 spiro atoms. The van der Waals surface area contributed by atoms with Crippen LogP contribution in [0.1, 0.15) is 19.4 Å². The fourth-order valence-electron chi connectivity index (χ4n) is 3.43. The molecule has 2 heterocycles. The molecule has 0 fully saturated rings. The molecule has 2 aromatic carbocycles. The normalized spacial score (nSPS) is 12.0. The summed E-state index contributed by atoms with van der Waals surface area (Å²) >= 11 is 4.76. The summed E-state index contributed by atoms with van der Waals surface area (Å²) in [5.41, 5.74) is 3.61. The summed E-state index contributed by atoms with van der Waals surface area (Å²) < 4.78 is 6.24. The first-order valence-electron chi connectivity index (χ1n) is 10.9. The van der Waals surface area contributed by atoms with E-state index in [1.807, 2.05) is 74.0 Å². The monoisotopic (exact) mass is 540 g/mol. The van der Waals surface area contributed by atoms with Crippen molar-refractivity contribution >= 4 is 55.3 Å². The van der Waals surface area contributed by atoms with Gasteiger partial charge in [0.1, 0.15) is 6.04 Å². The van der Waals surface area contributed by atoms with Crippen molar-refractivity contribution in [2.45, 2.75) is 26.3 Å². The Kier molecular flexibility index (Phi) is 7.64. The van der Waals surface area contributed by atoms with Gasteiger partial charge in [0.25, 0.3) is 0 Å². The lowest BCUT2D eigenvalue weighted by molar-refractivity contribution is -0.118. The molecule has 0 radical (unpaired) electrons. The van der Waals surface area contributed by atoms with E-state index in [4.69, 9.17) is 4.74 Å². The molecule has 0 saturated carbocycles. The number of alkyl carbamates (subject to hydrolysis) is 1. The summed E-state index contributed by atoms with van der Waals surface area (Å²) in [6.07, 6.45) is 1.54. The summed E-state index contributed by atoms with van der Waals surface area (Å²) in [5, 5.41) is 8.93. The average Bonchev–Trinajstić information content (AvgIpc) is 3.45. The number of H-pyrrole nitrogens is 1. The third-order valence-corrected chi connectivity index (χ3v) is 6.42. The molecule has 2 amide bonds. The van der Waals surface area contributed by atoms with E-state index in [-0.39, 0.29) is 18.4 Å². The predicted molar refractivity (Wildman–Crippen MR) is 139 cm³/mol. The summed E-state index contributed by atoms with van der Waals surface area (Å²) in [4.78, 5) is 33.3. The number of anilines is 1. The van der Waals surface area contributed by atoms with Crippen LogP contribution < -0.4 is 10.6 Å². The minimum Gasteiger partial charge on any atom is -0.449 e. The van der Waals surface area contributed by atoms with Crippen LogP contribution in [-0.2, 0) is 16.0 Å². The summed E-state index contributed by atoms with van der Waals surface area (Å²) in [5.74, 6) is -0.164. The first-order chi connectivity index (χ1) is 16.4. The molecule has 1 atom stereocenters. The summed E-state index contributed by atoms with van der Waals surface area (Å²) in [7, 11) is 0. The van der Waals surface area contributed by atoms with Crippen LogP contribution in [0, 0.1) is 5.92 Å². The van der Waals surface area contributed by atoms with Gasteiger partial charge in [-0.15, -0.1) is 11.3 Å². The molecular weight excluding hydrogens is 516 g/mol. The zero-order valence-electron chi connectivity index (χ0n) is 18.8. The smallest absolute Gasteiger partial charge is 0.407 e. The number of carbonyl (C=O) groups excluding carboxylic acids is 2. The molecule has 0 aliphatic carbocycles. The van der Waals surface area contributed by atoms with Crippen molar-refractivity contribution in [3.63, 3.8) is 0 Å². The molecule has 7 nitrogen and oxygen atoms in total. The maximum Gasteiger partial charge on any atom is 0.407 e. The van der Waals surface area contributed by atoms with Gasteiger partial charge in [0, 0.05) is 38.9 Å². The van der Waals surface area contributed by atoms with E-state index >= 15 is 0 Å². The van der Waals surface area contributed by atoms with Gasteiger partial charge in [0.05, 0.1) is 12.3 Å². The predicted octanol–water partition coefficient (Wildman–Crippen LogP) is 5.99. The van der Waals surface area contributed by atoms with Crippen molar-refractivity contribution in [1.82, 2.24) is 15.3 Å². The Morgan fingerprint density at radius 1 is 1.15 bits per heavy atom. The van der Waals surface area contributed by atoms with Crippen LogP contribution in [0.3, 0.4) is 0 Å². The van der Waals surface area contributed by atoms with E-state index in [2.05, 4.69) is 36.5 Å². The van der Waals surface area contributed by atoms with Crippen LogP contribution in [0.5, 0.6) is 0 Å². The van der Waals surface area contributed by atoms with Crippen LogP contribution in [0.15, 0.2) is 64.6 Å². The average molecular weight is 541 g/mol. The minimum atomic E-state index is -0.834. The highest BCUT2D eigenvalue weighted by molar-refractivity contribution is 9.10. The fourth-order valence-corrected chi connectivity index (χ4v) is 4.42. The number of carbonyl (C=O) groups is 2. The van der Waals surface area contributed by atoms with Crippen molar-refractivity contribution in [2.24, 2.45) is 5.92 Å². The van der Waals surface area contributed by atoms with E-state index in [1.165, 1.54) is 11.3 Å². The highest BCUT2D eigenvalue weighted by atomic mass is 79.9. The first-order valence-corrected chi connectivity index (χ1v) is 12.6. The molecule has 176 valence electrons. The van der Waals surface area contributed by atoms with Gasteiger partial charge >= 0.3 is 6.09 Å². The van der Waals surface area contributed by atoms with Gasteiger partial charge in [-0.3, -0.25) is 4.79 Å². The lowest BCUT2D eigenvalue weighted by Crippen LogP contribution is -2.45. The maximum absolute atomic E-state index is 13.2. The molecular formula is C25H25BrN4O3S.